The Kier molecular flexibility index (Phi) is 3.89. The van der Waals surface area contributed by atoms with E-state index in [0.29, 0.717) is 11.4 Å². The summed E-state index contributed by atoms with van der Waals surface area (Å²) in [6.07, 6.45) is 0.973. The second-order valence-corrected chi connectivity index (χ2v) is 3.99. The molecule has 0 bridgehead atoms. The number of hydrogen-bond donors (Lipinski definition) is 1. The summed E-state index contributed by atoms with van der Waals surface area (Å²) in [5.74, 6) is -0.0228. The summed E-state index contributed by atoms with van der Waals surface area (Å²) in [6, 6.07) is 11.1. The lowest BCUT2D eigenvalue weighted by molar-refractivity contribution is 0.214. The van der Waals surface area contributed by atoms with Gasteiger partial charge in [-0.3, -0.25) is 0 Å². The van der Waals surface area contributed by atoms with Crippen LogP contribution in [-0.2, 0) is 6.54 Å². The summed E-state index contributed by atoms with van der Waals surface area (Å²) in [4.78, 5) is 3.94. The van der Waals surface area contributed by atoms with Gasteiger partial charge in [-0.2, -0.15) is 0 Å². The molecule has 0 saturated carbocycles. The number of halogens is 1. The normalized spacial score (nSPS) is 12.2. The number of ether oxygens (including phenoxy) is 1. The van der Waals surface area contributed by atoms with Crippen molar-refractivity contribution in [3.63, 3.8) is 0 Å². The minimum Gasteiger partial charge on any atom is -0.470 e. The van der Waals surface area contributed by atoms with Gasteiger partial charge in [0.05, 0.1) is 6.20 Å². The average molecular weight is 246 g/mol. The molecule has 1 heterocycles. The van der Waals surface area contributed by atoms with Crippen molar-refractivity contribution in [1.29, 1.82) is 0 Å². The highest BCUT2D eigenvalue weighted by molar-refractivity contribution is 5.27. The molecule has 0 aliphatic heterocycles. The Morgan fingerprint density at radius 2 is 2.06 bits per heavy atom. The Bertz CT molecular complexity index is 516. The fraction of sp³-hybridized carbons (Fsp3) is 0.214. The number of rotatable bonds is 4. The van der Waals surface area contributed by atoms with Gasteiger partial charge in [0.25, 0.3) is 0 Å². The van der Waals surface area contributed by atoms with Crippen LogP contribution >= 0.6 is 0 Å². The molecule has 1 unspecified atom stereocenters. The fourth-order valence-electron chi connectivity index (χ4n) is 1.68. The van der Waals surface area contributed by atoms with Crippen molar-refractivity contribution in [2.75, 3.05) is 0 Å². The largest absolute Gasteiger partial charge is 0.470 e. The van der Waals surface area contributed by atoms with Crippen LogP contribution in [0.4, 0.5) is 4.39 Å². The Hall–Kier alpha value is -1.94. The van der Waals surface area contributed by atoms with Crippen molar-refractivity contribution in [2.45, 2.75) is 19.6 Å². The van der Waals surface area contributed by atoms with Crippen LogP contribution in [0.2, 0.25) is 0 Å². The predicted octanol–water partition coefficient (Wildman–Crippen LogP) is 2.82. The maximum Gasteiger partial charge on any atom is 0.218 e. The first-order valence-electron chi connectivity index (χ1n) is 5.77. The van der Waals surface area contributed by atoms with E-state index >= 15 is 0 Å². The second kappa shape index (κ2) is 5.60. The Labute approximate surface area is 105 Å². The SMILES string of the molecule is CC(Oc1ncc(F)cc1CN)c1ccccc1. The third-order valence-corrected chi connectivity index (χ3v) is 2.67. The van der Waals surface area contributed by atoms with E-state index in [-0.39, 0.29) is 12.6 Å². The molecule has 0 amide bonds. The molecule has 0 radical (unpaired) electrons. The summed E-state index contributed by atoms with van der Waals surface area (Å²) in [5.41, 5.74) is 7.15. The first-order chi connectivity index (χ1) is 8.70. The molecule has 0 aliphatic rings. The molecule has 2 aromatic rings. The van der Waals surface area contributed by atoms with Crippen molar-refractivity contribution in [2.24, 2.45) is 5.73 Å². The molecule has 1 aromatic heterocycles. The van der Waals surface area contributed by atoms with Gasteiger partial charge in [0.1, 0.15) is 11.9 Å². The Balaban J connectivity index is 2.19. The summed E-state index contributed by atoms with van der Waals surface area (Å²) in [6.45, 7) is 2.11. The summed E-state index contributed by atoms with van der Waals surface area (Å²) < 4.78 is 18.7. The maximum atomic E-state index is 13.0. The molecule has 1 atom stereocenters. The lowest BCUT2D eigenvalue weighted by Crippen LogP contribution is -2.08. The summed E-state index contributed by atoms with van der Waals surface area (Å²) in [5, 5.41) is 0. The molecule has 0 saturated heterocycles. The molecule has 1 aromatic carbocycles. The van der Waals surface area contributed by atoms with E-state index < -0.39 is 5.82 Å². The van der Waals surface area contributed by atoms with E-state index in [2.05, 4.69) is 4.98 Å². The highest BCUT2D eigenvalue weighted by Crippen LogP contribution is 2.23. The average Bonchev–Trinajstić information content (AvgIpc) is 2.41. The van der Waals surface area contributed by atoms with Gasteiger partial charge < -0.3 is 10.5 Å². The van der Waals surface area contributed by atoms with Crippen molar-refractivity contribution in [1.82, 2.24) is 4.98 Å². The molecular weight excluding hydrogens is 231 g/mol. The van der Waals surface area contributed by atoms with Crippen molar-refractivity contribution < 1.29 is 9.13 Å². The van der Waals surface area contributed by atoms with Gasteiger partial charge in [-0.05, 0) is 18.6 Å². The quantitative estimate of drug-likeness (QED) is 0.902. The van der Waals surface area contributed by atoms with Crippen LogP contribution in [0.25, 0.3) is 0 Å². The number of pyridine rings is 1. The third-order valence-electron chi connectivity index (χ3n) is 2.67. The first kappa shape index (κ1) is 12.5. The molecule has 0 spiro atoms. The van der Waals surface area contributed by atoms with Crippen LogP contribution in [0.15, 0.2) is 42.6 Å². The number of nitrogens with two attached hydrogens (primary N) is 1. The topological polar surface area (TPSA) is 48.1 Å². The standard InChI is InChI=1S/C14H15FN2O/c1-10(11-5-3-2-4-6-11)18-14-12(8-16)7-13(15)9-17-14/h2-7,9-10H,8,16H2,1H3. The lowest BCUT2D eigenvalue weighted by atomic mass is 10.1. The van der Waals surface area contributed by atoms with Crippen LogP contribution < -0.4 is 10.5 Å². The maximum absolute atomic E-state index is 13.0. The highest BCUT2D eigenvalue weighted by Gasteiger charge is 2.11. The van der Waals surface area contributed by atoms with E-state index in [1.54, 1.807) is 0 Å². The zero-order chi connectivity index (χ0) is 13.0. The van der Waals surface area contributed by atoms with Gasteiger partial charge in [-0.25, -0.2) is 9.37 Å². The molecule has 2 rings (SSSR count). The third kappa shape index (κ3) is 2.84. The van der Waals surface area contributed by atoms with E-state index in [4.69, 9.17) is 10.5 Å². The molecule has 18 heavy (non-hydrogen) atoms. The number of hydrogen-bond acceptors (Lipinski definition) is 3. The van der Waals surface area contributed by atoms with Gasteiger partial charge in [-0.15, -0.1) is 0 Å². The highest BCUT2D eigenvalue weighted by atomic mass is 19.1. The van der Waals surface area contributed by atoms with Gasteiger partial charge in [0, 0.05) is 12.1 Å². The zero-order valence-corrected chi connectivity index (χ0v) is 10.1. The Morgan fingerprint density at radius 3 is 2.72 bits per heavy atom. The van der Waals surface area contributed by atoms with Gasteiger partial charge >= 0.3 is 0 Å². The van der Waals surface area contributed by atoms with E-state index in [1.807, 2.05) is 37.3 Å². The van der Waals surface area contributed by atoms with Crippen molar-refractivity contribution in [3.8, 4) is 5.88 Å². The van der Waals surface area contributed by atoms with Crippen LogP contribution in [0, 0.1) is 5.82 Å². The molecule has 94 valence electrons. The van der Waals surface area contributed by atoms with Gasteiger partial charge in [-0.1, -0.05) is 30.3 Å². The second-order valence-electron chi connectivity index (χ2n) is 3.99. The lowest BCUT2D eigenvalue weighted by Gasteiger charge is -2.16. The van der Waals surface area contributed by atoms with Crippen molar-refractivity contribution >= 4 is 0 Å². The molecular formula is C14H15FN2O. The van der Waals surface area contributed by atoms with Crippen LogP contribution in [0.5, 0.6) is 5.88 Å². The van der Waals surface area contributed by atoms with Gasteiger partial charge in [0.2, 0.25) is 5.88 Å². The summed E-state index contributed by atoms with van der Waals surface area (Å²) in [7, 11) is 0. The number of benzene rings is 1. The minimum atomic E-state index is -0.407. The summed E-state index contributed by atoms with van der Waals surface area (Å²) >= 11 is 0. The smallest absolute Gasteiger partial charge is 0.218 e. The van der Waals surface area contributed by atoms with Crippen LogP contribution in [0.1, 0.15) is 24.2 Å². The van der Waals surface area contributed by atoms with E-state index in [1.165, 1.54) is 6.07 Å². The molecule has 2 N–H and O–H groups in total. The molecule has 0 fully saturated rings. The molecule has 3 nitrogen and oxygen atoms in total. The van der Waals surface area contributed by atoms with Crippen LogP contribution in [-0.4, -0.2) is 4.98 Å². The molecule has 4 heteroatoms. The fourth-order valence-corrected chi connectivity index (χ4v) is 1.68. The number of nitrogens with zero attached hydrogens (tertiary/aromatic N) is 1. The minimum absolute atomic E-state index is 0.158. The van der Waals surface area contributed by atoms with Gasteiger partial charge in [0.15, 0.2) is 0 Å². The zero-order valence-electron chi connectivity index (χ0n) is 10.1. The van der Waals surface area contributed by atoms with E-state index in [0.717, 1.165) is 11.8 Å². The van der Waals surface area contributed by atoms with Crippen LogP contribution in [0.3, 0.4) is 0 Å². The number of aromatic nitrogens is 1. The monoisotopic (exact) mass is 246 g/mol. The Morgan fingerprint density at radius 1 is 1.33 bits per heavy atom. The first-order valence-corrected chi connectivity index (χ1v) is 5.77. The molecule has 0 aliphatic carbocycles. The predicted molar refractivity (Wildman–Crippen MR) is 67.6 cm³/mol. The van der Waals surface area contributed by atoms with Crippen molar-refractivity contribution in [3.05, 3.63) is 59.5 Å². The van der Waals surface area contributed by atoms with E-state index in [9.17, 15) is 4.39 Å².